The summed E-state index contributed by atoms with van der Waals surface area (Å²) in [6, 6.07) is 12.0. The van der Waals surface area contributed by atoms with Crippen molar-refractivity contribution in [2.45, 2.75) is 44.7 Å². The van der Waals surface area contributed by atoms with Gasteiger partial charge < -0.3 is 15.5 Å². The maximum absolute atomic E-state index is 6.12. The van der Waals surface area contributed by atoms with Crippen LogP contribution in [-0.2, 0) is 6.54 Å². The summed E-state index contributed by atoms with van der Waals surface area (Å²) in [6.45, 7) is 7.39. The number of hydrogen-bond acceptors (Lipinski definition) is 5. The molecule has 0 amide bonds. The van der Waals surface area contributed by atoms with E-state index >= 15 is 0 Å². The third-order valence-electron chi connectivity index (χ3n) is 6.79. The minimum Gasteiger partial charge on any atom is -0.372 e. The quantitative estimate of drug-likeness (QED) is 0.846. The van der Waals surface area contributed by atoms with Crippen molar-refractivity contribution in [1.82, 2.24) is 9.88 Å². The smallest absolute Gasteiger partial charge is 0.128 e. The fourth-order valence-corrected chi connectivity index (χ4v) is 4.87. The summed E-state index contributed by atoms with van der Waals surface area (Å²) in [5, 5.41) is 0. The van der Waals surface area contributed by atoms with E-state index in [0.29, 0.717) is 6.54 Å². The van der Waals surface area contributed by atoms with E-state index in [9.17, 15) is 0 Å². The van der Waals surface area contributed by atoms with Crippen LogP contribution < -0.4 is 15.5 Å². The van der Waals surface area contributed by atoms with Crippen molar-refractivity contribution in [2.24, 2.45) is 5.73 Å². The van der Waals surface area contributed by atoms with E-state index in [1.54, 1.807) is 0 Å². The molecule has 0 unspecified atom stereocenters. The Bertz CT molecular complexity index is 816. The standard InChI is InChI=1S/C24H33N5/c25-17-20-16-22(27-10-2-1-3-11-27)7-8-23(20)19-4-9-24(26-18-19)29-14-12-28(13-15-29)21-5-6-21/h4,7-9,16,18,21H,1-3,5-6,10-15,17,25H2. The number of piperidine rings is 1. The van der Waals surface area contributed by atoms with E-state index in [1.165, 1.54) is 62.0 Å². The summed E-state index contributed by atoms with van der Waals surface area (Å²) < 4.78 is 0. The van der Waals surface area contributed by atoms with Crippen LogP contribution in [0.2, 0.25) is 0 Å². The maximum Gasteiger partial charge on any atom is 0.128 e. The molecule has 1 aromatic carbocycles. The molecular weight excluding hydrogens is 358 g/mol. The van der Waals surface area contributed by atoms with Gasteiger partial charge in [-0.05, 0) is 67.5 Å². The van der Waals surface area contributed by atoms with Gasteiger partial charge in [-0.15, -0.1) is 0 Å². The molecule has 0 radical (unpaired) electrons. The Balaban J connectivity index is 1.30. The molecule has 2 aromatic rings. The molecule has 29 heavy (non-hydrogen) atoms. The van der Waals surface area contributed by atoms with Crippen LogP contribution >= 0.6 is 0 Å². The minimum absolute atomic E-state index is 0.557. The van der Waals surface area contributed by atoms with Gasteiger partial charge in [0, 0.05) is 69.3 Å². The Morgan fingerprint density at radius 3 is 2.31 bits per heavy atom. The lowest BCUT2D eigenvalue weighted by Crippen LogP contribution is -2.47. The molecule has 5 heteroatoms. The summed E-state index contributed by atoms with van der Waals surface area (Å²) in [5.74, 6) is 1.10. The molecule has 1 aromatic heterocycles. The second-order valence-electron chi connectivity index (χ2n) is 8.75. The zero-order chi connectivity index (χ0) is 19.6. The summed E-state index contributed by atoms with van der Waals surface area (Å²) in [6.07, 6.45) is 8.75. The molecule has 154 valence electrons. The van der Waals surface area contributed by atoms with Crippen molar-refractivity contribution in [1.29, 1.82) is 0 Å². The fraction of sp³-hybridized carbons (Fsp3) is 0.542. The van der Waals surface area contributed by atoms with Crippen LogP contribution in [0.3, 0.4) is 0 Å². The fourth-order valence-electron chi connectivity index (χ4n) is 4.87. The van der Waals surface area contributed by atoms with Crippen molar-refractivity contribution < 1.29 is 0 Å². The van der Waals surface area contributed by atoms with E-state index in [2.05, 4.69) is 45.0 Å². The number of anilines is 2. The molecule has 5 rings (SSSR count). The first kappa shape index (κ1) is 18.9. The summed E-state index contributed by atoms with van der Waals surface area (Å²) in [4.78, 5) is 12.4. The maximum atomic E-state index is 6.12. The summed E-state index contributed by atoms with van der Waals surface area (Å²) in [7, 11) is 0. The Kier molecular flexibility index (Phi) is 5.42. The predicted molar refractivity (Wildman–Crippen MR) is 120 cm³/mol. The van der Waals surface area contributed by atoms with Crippen LogP contribution in [0, 0.1) is 0 Å². The Labute approximate surface area is 174 Å². The van der Waals surface area contributed by atoms with Crippen LogP contribution in [0.25, 0.3) is 11.1 Å². The van der Waals surface area contributed by atoms with Crippen LogP contribution in [0.4, 0.5) is 11.5 Å². The Hall–Kier alpha value is -2.11. The van der Waals surface area contributed by atoms with Gasteiger partial charge in [-0.2, -0.15) is 0 Å². The highest BCUT2D eigenvalue weighted by molar-refractivity contribution is 5.71. The third-order valence-corrected chi connectivity index (χ3v) is 6.79. The lowest BCUT2D eigenvalue weighted by molar-refractivity contribution is 0.247. The van der Waals surface area contributed by atoms with Crippen LogP contribution in [0.5, 0.6) is 0 Å². The van der Waals surface area contributed by atoms with Crippen molar-refractivity contribution in [3.05, 3.63) is 42.1 Å². The molecular formula is C24H33N5. The zero-order valence-corrected chi connectivity index (χ0v) is 17.4. The number of benzene rings is 1. The third kappa shape index (κ3) is 4.12. The lowest BCUT2D eigenvalue weighted by atomic mass is 9.99. The second kappa shape index (κ2) is 8.33. The van der Waals surface area contributed by atoms with Crippen LogP contribution in [0.15, 0.2) is 36.5 Å². The normalized spacial score (nSPS) is 20.9. The molecule has 1 aliphatic carbocycles. The summed E-state index contributed by atoms with van der Waals surface area (Å²) >= 11 is 0. The highest BCUT2D eigenvalue weighted by Crippen LogP contribution is 2.31. The molecule has 0 bridgehead atoms. The first-order valence-corrected chi connectivity index (χ1v) is 11.4. The van der Waals surface area contributed by atoms with E-state index in [0.717, 1.165) is 43.6 Å². The van der Waals surface area contributed by atoms with Crippen LogP contribution in [0.1, 0.15) is 37.7 Å². The second-order valence-corrected chi connectivity index (χ2v) is 8.75. The number of nitrogens with zero attached hydrogens (tertiary/aromatic N) is 4. The van der Waals surface area contributed by atoms with Gasteiger partial charge in [0.25, 0.3) is 0 Å². The van der Waals surface area contributed by atoms with Crippen LogP contribution in [-0.4, -0.2) is 55.2 Å². The number of hydrogen-bond donors (Lipinski definition) is 1. The van der Waals surface area contributed by atoms with Crippen molar-refractivity contribution in [3.8, 4) is 11.1 Å². The predicted octanol–water partition coefficient (Wildman–Crippen LogP) is 3.48. The number of nitrogens with two attached hydrogens (primary N) is 1. The monoisotopic (exact) mass is 391 g/mol. The first-order chi connectivity index (χ1) is 14.3. The van der Waals surface area contributed by atoms with Gasteiger partial charge in [0.2, 0.25) is 0 Å². The molecule has 3 heterocycles. The molecule has 0 atom stereocenters. The van der Waals surface area contributed by atoms with Gasteiger partial charge >= 0.3 is 0 Å². The van der Waals surface area contributed by atoms with Crippen molar-refractivity contribution in [3.63, 3.8) is 0 Å². The largest absolute Gasteiger partial charge is 0.372 e. The molecule has 1 saturated carbocycles. The number of rotatable bonds is 5. The van der Waals surface area contributed by atoms with Gasteiger partial charge in [-0.1, -0.05) is 6.07 Å². The molecule has 5 nitrogen and oxygen atoms in total. The van der Waals surface area contributed by atoms with Gasteiger partial charge in [-0.25, -0.2) is 4.98 Å². The molecule has 0 spiro atoms. The SMILES string of the molecule is NCc1cc(N2CCCCC2)ccc1-c1ccc(N2CCN(C3CC3)CC2)nc1. The van der Waals surface area contributed by atoms with Crippen molar-refractivity contribution in [2.75, 3.05) is 49.1 Å². The molecule has 2 saturated heterocycles. The number of aromatic nitrogens is 1. The highest BCUT2D eigenvalue weighted by atomic mass is 15.3. The van der Waals surface area contributed by atoms with Gasteiger partial charge in [-0.3, -0.25) is 4.90 Å². The number of pyridine rings is 1. The average Bonchev–Trinajstić information content (AvgIpc) is 3.65. The molecule has 2 aliphatic heterocycles. The molecule has 3 fully saturated rings. The topological polar surface area (TPSA) is 48.6 Å². The Morgan fingerprint density at radius 1 is 0.862 bits per heavy atom. The average molecular weight is 392 g/mol. The van der Waals surface area contributed by atoms with E-state index in [1.807, 2.05) is 6.20 Å². The highest BCUT2D eigenvalue weighted by Gasteiger charge is 2.31. The van der Waals surface area contributed by atoms with Gasteiger partial charge in [0.1, 0.15) is 5.82 Å². The van der Waals surface area contributed by atoms with E-state index < -0.39 is 0 Å². The number of piperazine rings is 1. The summed E-state index contributed by atoms with van der Waals surface area (Å²) in [5.41, 5.74) is 11.0. The van der Waals surface area contributed by atoms with E-state index in [-0.39, 0.29) is 0 Å². The van der Waals surface area contributed by atoms with Gasteiger partial charge in [0.05, 0.1) is 0 Å². The zero-order valence-electron chi connectivity index (χ0n) is 17.4. The molecule has 3 aliphatic rings. The molecule has 2 N–H and O–H groups in total. The minimum atomic E-state index is 0.557. The van der Waals surface area contributed by atoms with Gasteiger partial charge in [0.15, 0.2) is 0 Å². The van der Waals surface area contributed by atoms with Crippen molar-refractivity contribution >= 4 is 11.5 Å². The Morgan fingerprint density at radius 2 is 1.66 bits per heavy atom. The van der Waals surface area contributed by atoms with E-state index in [4.69, 9.17) is 10.7 Å². The lowest BCUT2D eigenvalue weighted by Gasteiger charge is -2.35. The first-order valence-electron chi connectivity index (χ1n) is 11.4.